The van der Waals surface area contributed by atoms with E-state index < -0.39 is 0 Å². The molecule has 3 aromatic rings. The average molecular weight is 287 g/mol. The summed E-state index contributed by atoms with van der Waals surface area (Å²) in [4.78, 5) is 4.22. The number of nitrogens with zero attached hydrogens (tertiary/aromatic N) is 1. The lowest BCUT2D eigenvalue weighted by Crippen LogP contribution is -2.01. The number of nitrogens with one attached hydrogen (secondary N) is 1. The highest BCUT2D eigenvalue weighted by atomic mass is 35.5. The zero-order chi connectivity index (χ0) is 13.9. The van der Waals surface area contributed by atoms with Crippen molar-refractivity contribution in [2.75, 3.05) is 5.32 Å². The molecule has 4 heteroatoms. The maximum absolute atomic E-state index is 13.2. The molecule has 0 saturated carbocycles. The van der Waals surface area contributed by atoms with Crippen LogP contribution in [0.25, 0.3) is 10.8 Å². The van der Waals surface area contributed by atoms with Crippen molar-refractivity contribution < 1.29 is 4.39 Å². The van der Waals surface area contributed by atoms with Crippen LogP contribution in [0.2, 0.25) is 5.02 Å². The summed E-state index contributed by atoms with van der Waals surface area (Å²) < 4.78 is 13.2. The van der Waals surface area contributed by atoms with E-state index in [1.54, 1.807) is 6.07 Å². The van der Waals surface area contributed by atoms with Crippen LogP contribution >= 0.6 is 11.6 Å². The summed E-state index contributed by atoms with van der Waals surface area (Å²) in [5.74, 6) is -0.312. The first-order valence-corrected chi connectivity index (χ1v) is 6.62. The van der Waals surface area contributed by atoms with Crippen LogP contribution in [0, 0.1) is 5.82 Å². The van der Waals surface area contributed by atoms with Crippen LogP contribution in [0.1, 0.15) is 5.56 Å². The first-order chi connectivity index (χ1) is 9.74. The molecule has 20 heavy (non-hydrogen) atoms. The van der Waals surface area contributed by atoms with E-state index in [1.165, 1.54) is 12.1 Å². The largest absolute Gasteiger partial charge is 0.380 e. The maximum atomic E-state index is 13.2. The standard InChI is InChI=1S/C16H12ClFN2/c17-15-6-5-13(18)7-16(15)20-10-12-9-19-8-11-3-1-2-4-14(11)12/h1-9,20H,10H2. The van der Waals surface area contributed by atoms with Gasteiger partial charge >= 0.3 is 0 Å². The van der Waals surface area contributed by atoms with Crippen LogP contribution in [0.4, 0.5) is 10.1 Å². The molecule has 0 aliphatic rings. The van der Waals surface area contributed by atoms with E-state index in [0.717, 1.165) is 16.3 Å². The molecule has 0 aliphatic heterocycles. The average Bonchev–Trinajstić information content (AvgIpc) is 2.48. The van der Waals surface area contributed by atoms with Gasteiger partial charge in [0.25, 0.3) is 0 Å². The van der Waals surface area contributed by atoms with Gasteiger partial charge in [0.1, 0.15) is 5.82 Å². The van der Waals surface area contributed by atoms with Crippen molar-refractivity contribution in [2.24, 2.45) is 0 Å². The quantitative estimate of drug-likeness (QED) is 0.759. The van der Waals surface area contributed by atoms with Crippen LogP contribution < -0.4 is 5.32 Å². The molecule has 2 nitrogen and oxygen atoms in total. The van der Waals surface area contributed by atoms with Gasteiger partial charge in [0.15, 0.2) is 0 Å². The van der Waals surface area contributed by atoms with E-state index in [2.05, 4.69) is 10.3 Å². The molecule has 1 N–H and O–H groups in total. The van der Waals surface area contributed by atoms with Crippen LogP contribution in [0.3, 0.4) is 0 Å². The minimum atomic E-state index is -0.312. The molecule has 0 bridgehead atoms. The molecule has 0 fully saturated rings. The lowest BCUT2D eigenvalue weighted by molar-refractivity contribution is 0.628. The molecular weight excluding hydrogens is 275 g/mol. The zero-order valence-electron chi connectivity index (χ0n) is 10.6. The third kappa shape index (κ3) is 2.58. The maximum Gasteiger partial charge on any atom is 0.125 e. The summed E-state index contributed by atoms with van der Waals surface area (Å²) in [5, 5.41) is 5.86. The Balaban J connectivity index is 1.89. The molecule has 100 valence electrons. The number of hydrogen-bond donors (Lipinski definition) is 1. The van der Waals surface area contributed by atoms with Gasteiger partial charge < -0.3 is 5.32 Å². The third-order valence-corrected chi connectivity index (χ3v) is 3.48. The number of rotatable bonds is 3. The first kappa shape index (κ1) is 12.9. The lowest BCUT2D eigenvalue weighted by atomic mass is 10.1. The minimum absolute atomic E-state index is 0.312. The van der Waals surface area contributed by atoms with Crippen molar-refractivity contribution in [1.82, 2.24) is 4.98 Å². The van der Waals surface area contributed by atoms with Gasteiger partial charge in [-0.1, -0.05) is 35.9 Å². The lowest BCUT2D eigenvalue weighted by Gasteiger charge is -2.10. The van der Waals surface area contributed by atoms with Crippen molar-refractivity contribution in [3.8, 4) is 0 Å². The second-order valence-electron chi connectivity index (χ2n) is 4.50. The summed E-state index contributed by atoms with van der Waals surface area (Å²) >= 11 is 6.04. The summed E-state index contributed by atoms with van der Waals surface area (Å²) in [7, 11) is 0. The van der Waals surface area contributed by atoms with E-state index in [9.17, 15) is 4.39 Å². The van der Waals surface area contributed by atoms with Gasteiger partial charge in [0.05, 0.1) is 10.7 Å². The molecule has 0 unspecified atom stereocenters. The fourth-order valence-corrected chi connectivity index (χ4v) is 2.33. The number of aromatic nitrogens is 1. The summed E-state index contributed by atoms with van der Waals surface area (Å²) in [6.07, 6.45) is 3.64. The van der Waals surface area contributed by atoms with Gasteiger partial charge in [0.2, 0.25) is 0 Å². The number of halogens is 2. The summed E-state index contributed by atoms with van der Waals surface area (Å²) in [5.41, 5.74) is 1.63. The number of pyridine rings is 1. The smallest absolute Gasteiger partial charge is 0.125 e. The van der Waals surface area contributed by atoms with Gasteiger partial charge in [-0.05, 0) is 29.1 Å². The van der Waals surface area contributed by atoms with Gasteiger partial charge in [-0.3, -0.25) is 4.98 Å². The fraction of sp³-hybridized carbons (Fsp3) is 0.0625. The molecule has 0 aliphatic carbocycles. The van der Waals surface area contributed by atoms with Crippen molar-refractivity contribution in [3.05, 3.63) is 71.3 Å². The minimum Gasteiger partial charge on any atom is -0.380 e. The second-order valence-corrected chi connectivity index (χ2v) is 4.90. The topological polar surface area (TPSA) is 24.9 Å². The Morgan fingerprint density at radius 1 is 1.10 bits per heavy atom. The van der Waals surface area contributed by atoms with Crippen molar-refractivity contribution >= 4 is 28.1 Å². The van der Waals surface area contributed by atoms with E-state index in [0.29, 0.717) is 17.3 Å². The van der Waals surface area contributed by atoms with Crippen molar-refractivity contribution in [3.63, 3.8) is 0 Å². The Labute approximate surface area is 121 Å². The molecule has 0 saturated heterocycles. The van der Waals surface area contributed by atoms with E-state index in [-0.39, 0.29) is 5.82 Å². The van der Waals surface area contributed by atoms with E-state index in [4.69, 9.17) is 11.6 Å². The highest BCUT2D eigenvalue weighted by Crippen LogP contribution is 2.24. The van der Waals surface area contributed by atoms with Crippen LogP contribution in [-0.4, -0.2) is 4.98 Å². The fourth-order valence-electron chi connectivity index (χ4n) is 2.14. The molecule has 2 aromatic carbocycles. The first-order valence-electron chi connectivity index (χ1n) is 6.24. The van der Waals surface area contributed by atoms with Crippen LogP contribution in [-0.2, 0) is 6.54 Å². The van der Waals surface area contributed by atoms with Crippen LogP contribution in [0.15, 0.2) is 54.9 Å². The molecular formula is C16H12ClFN2. The molecule has 0 spiro atoms. The molecule has 1 aromatic heterocycles. The number of benzene rings is 2. The SMILES string of the molecule is Fc1ccc(Cl)c(NCc2cncc3ccccc23)c1. The van der Waals surface area contributed by atoms with Gasteiger partial charge in [-0.15, -0.1) is 0 Å². The Morgan fingerprint density at radius 2 is 1.95 bits per heavy atom. The predicted molar refractivity (Wildman–Crippen MR) is 80.5 cm³/mol. The number of hydrogen-bond acceptors (Lipinski definition) is 2. The van der Waals surface area contributed by atoms with E-state index in [1.807, 2.05) is 36.7 Å². The molecule has 0 atom stereocenters. The Kier molecular flexibility index (Phi) is 3.52. The zero-order valence-corrected chi connectivity index (χ0v) is 11.4. The number of anilines is 1. The third-order valence-electron chi connectivity index (χ3n) is 3.15. The van der Waals surface area contributed by atoms with E-state index >= 15 is 0 Å². The molecule has 0 amide bonds. The highest BCUT2D eigenvalue weighted by Gasteiger charge is 2.04. The Hall–Kier alpha value is -2.13. The van der Waals surface area contributed by atoms with Crippen molar-refractivity contribution in [1.29, 1.82) is 0 Å². The monoisotopic (exact) mass is 286 g/mol. The second kappa shape index (κ2) is 5.47. The highest BCUT2D eigenvalue weighted by molar-refractivity contribution is 6.33. The Bertz CT molecular complexity index is 753. The van der Waals surface area contributed by atoms with Gasteiger partial charge in [-0.25, -0.2) is 4.39 Å². The molecule has 1 heterocycles. The number of fused-ring (bicyclic) bond motifs is 1. The summed E-state index contributed by atoms with van der Waals surface area (Å²) in [6, 6.07) is 12.3. The Morgan fingerprint density at radius 3 is 2.85 bits per heavy atom. The predicted octanol–water partition coefficient (Wildman–Crippen LogP) is 4.64. The van der Waals surface area contributed by atoms with Gasteiger partial charge in [-0.2, -0.15) is 0 Å². The molecule has 3 rings (SSSR count). The molecule has 0 radical (unpaired) electrons. The normalized spacial score (nSPS) is 10.7. The summed E-state index contributed by atoms with van der Waals surface area (Å²) in [6.45, 7) is 0.539. The van der Waals surface area contributed by atoms with Crippen LogP contribution in [0.5, 0.6) is 0 Å². The van der Waals surface area contributed by atoms with Crippen molar-refractivity contribution in [2.45, 2.75) is 6.54 Å². The van der Waals surface area contributed by atoms with Gasteiger partial charge in [0, 0.05) is 24.3 Å².